The van der Waals surface area contributed by atoms with Crippen LogP contribution < -0.4 is 4.74 Å². The lowest BCUT2D eigenvalue weighted by Gasteiger charge is -2.38. The normalized spacial score (nSPS) is 28.5. The van der Waals surface area contributed by atoms with Gasteiger partial charge in [0, 0.05) is 36.4 Å². The molecule has 0 amide bonds. The van der Waals surface area contributed by atoms with Crippen molar-refractivity contribution in [3.63, 3.8) is 0 Å². The van der Waals surface area contributed by atoms with Crippen LogP contribution in [0.15, 0.2) is 36.0 Å². The Morgan fingerprint density at radius 2 is 2.27 bits per heavy atom. The van der Waals surface area contributed by atoms with E-state index >= 15 is 0 Å². The van der Waals surface area contributed by atoms with E-state index < -0.39 is 0 Å². The van der Waals surface area contributed by atoms with Crippen LogP contribution >= 0.6 is 11.3 Å². The highest BCUT2D eigenvalue weighted by atomic mass is 32.1. The van der Waals surface area contributed by atoms with Gasteiger partial charge in [-0.05, 0) is 18.9 Å². The molecule has 6 heteroatoms. The van der Waals surface area contributed by atoms with E-state index in [-0.39, 0.29) is 12.2 Å². The first kappa shape index (κ1) is 14.1. The van der Waals surface area contributed by atoms with Crippen LogP contribution in [0.2, 0.25) is 0 Å². The van der Waals surface area contributed by atoms with Gasteiger partial charge in [-0.15, -0.1) is 11.3 Å². The Morgan fingerprint density at radius 1 is 1.27 bits per heavy atom. The van der Waals surface area contributed by atoms with Crippen LogP contribution in [0.1, 0.15) is 17.8 Å². The first-order valence-electron chi connectivity index (χ1n) is 7.72. The van der Waals surface area contributed by atoms with Crippen LogP contribution in [0.25, 0.3) is 0 Å². The maximum Gasteiger partial charge on any atom is 0.213 e. The first-order chi connectivity index (χ1) is 10.9. The van der Waals surface area contributed by atoms with E-state index in [1.807, 2.05) is 29.8 Å². The number of rotatable bonds is 4. The number of thiazole rings is 1. The van der Waals surface area contributed by atoms with Gasteiger partial charge in [-0.3, -0.25) is 4.90 Å². The molecule has 2 aromatic heterocycles. The number of pyridine rings is 1. The maximum absolute atomic E-state index is 6.05. The lowest BCUT2D eigenvalue weighted by Crippen LogP contribution is -2.51. The summed E-state index contributed by atoms with van der Waals surface area (Å²) in [6, 6.07) is 6.18. The van der Waals surface area contributed by atoms with E-state index in [0.29, 0.717) is 11.9 Å². The minimum absolute atomic E-state index is 0.0963. The largest absolute Gasteiger partial charge is 0.472 e. The average Bonchev–Trinajstić information content (AvgIpc) is 3.19. The van der Waals surface area contributed by atoms with Gasteiger partial charge in [0.1, 0.15) is 17.2 Å². The van der Waals surface area contributed by atoms with E-state index in [9.17, 15) is 0 Å². The molecule has 0 aromatic carbocycles. The summed E-state index contributed by atoms with van der Waals surface area (Å²) in [6.07, 6.45) is 5.99. The SMILES string of the molecule is c1ccc(O[C@H]2CC[C@@H]3[C@@H]2OCCN3Cc2nccs2)nc1. The number of fused-ring (bicyclic) bond motifs is 1. The quantitative estimate of drug-likeness (QED) is 0.866. The fraction of sp³-hybridized carbons (Fsp3) is 0.500. The fourth-order valence-electron chi connectivity index (χ4n) is 3.39. The summed E-state index contributed by atoms with van der Waals surface area (Å²) in [5, 5.41) is 3.21. The van der Waals surface area contributed by atoms with Gasteiger partial charge in [0.15, 0.2) is 0 Å². The Balaban J connectivity index is 1.44. The van der Waals surface area contributed by atoms with Crippen molar-refractivity contribution >= 4 is 11.3 Å². The molecule has 116 valence electrons. The minimum atomic E-state index is 0.0963. The summed E-state index contributed by atoms with van der Waals surface area (Å²) in [4.78, 5) is 11.2. The Bertz CT molecular complexity index is 593. The van der Waals surface area contributed by atoms with Crippen LogP contribution in [0, 0.1) is 0 Å². The molecule has 3 atom stereocenters. The molecule has 1 aliphatic heterocycles. The van der Waals surface area contributed by atoms with Crippen molar-refractivity contribution in [2.75, 3.05) is 13.2 Å². The van der Waals surface area contributed by atoms with Crippen LogP contribution in [0.3, 0.4) is 0 Å². The molecule has 3 heterocycles. The smallest absolute Gasteiger partial charge is 0.213 e. The predicted molar refractivity (Wildman–Crippen MR) is 83.9 cm³/mol. The molecular formula is C16H19N3O2S. The fourth-order valence-corrected chi connectivity index (χ4v) is 4.03. The number of morpholine rings is 1. The zero-order valence-electron chi connectivity index (χ0n) is 12.3. The van der Waals surface area contributed by atoms with Gasteiger partial charge in [0.25, 0.3) is 0 Å². The standard InChI is InChI=1S/C16H19N3O2S/c1-2-6-17-14(3-1)21-13-5-4-12-16(13)20-9-8-19(12)11-15-18-7-10-22-15/h1-3,6-7,10,12-13,16H,4-5,8-9,11H2/t12-,13+,16+/m1/s1. The third-order valence-electron chi connectivity index (χ3n) is 4.38. The second kappa shape index (κ2) is 6.32. The number of aromatic nitrogens is 2. The van der Waals surface area contributed by atoms with Crippen LogP contribution in [0.4, 0.5) is 0 Å². The molecule has 0 N–H and O–H groups in total. The van der Waals surface area contributed by atoms with Crippen molar-refractivity contribution in [1.29, 1.82) is 0 Å². The summed E-state index contributed by atoms with van der Waals surface area (Å²) in [6.45, 7) is 2.64. The van der Waals surface area contributed by atoms with E-state index in [1.165, 1.54) is 5.01 Å². The Morgan fingerprint density at radius 3 is 3.09 bits per heavy atom. The van der Waals surface area contributed by atoms with Crippen molar-refractivity contribution in [2.45, 2.75) is 37.6 Å². The van der Waals surface area contributed by atoms with Crippen molar-refractivity contribution in [3.8, 4) is 5.88 Å². The Hall–Kier alpha value is -1.50. The van der Waals surface area contributed by atoms with Gasteiger partial charge >= 0.3 is 0 Å². The van der Waals surface area contributed by atoms with Crippen molar-refractivity contribution in [2.24, 2.45) is 0 Å². The third-order valence-corrected chi connectivity index (χ3v) is 5.15. The number of ether oxygens (including phenoxy) is 2. The highest BCUT2D eigenvalue weighted by Gasteiger charge is 2.44. The topological polar surface area (TPSA) is 47.5 Å². The summed E-state index contributed by atoms with van der Waals surface area (Å²) in [5.74, 6) is 0.689. The second-order valence-corrected chi connectivity index (χ2v) is 6.68. The van der Waals surface area contributed by atoms with Gasteiger partial charge in [-0.2, -0.15) is 0 Å². The van der Waals surface area contributed by atoms with E-state index in [1.54, 1.807) is 17.5 Å². The molecule has 1 aliphatic carbocycles. The zero-order chi connectivity index (χ0) is 14.8. The molecule has 0 spiro atoms. The molecule has 1 saturated heterocycles. The molecule has 2 aliphatic rings. The third kappa shape index (κ3) is 2.86. The predicted octanol–water partition coefficient (Wildman–Crippen LogP) is 2.35. The molecule has 2 fully saturated rings. The highest BCUT2D eigenvalue weighted by molar-refractivity contribution is 7.09. The molecule has 4 rings (SSSR count). The highest BCUT2D eigenvalue weighted by Crippen LogP contribution is 2.33. The summed E-state index contributed by atoms with van der Waals surface area (Å²) in [7, 11) is 0. The lowest BCUT2D eigenvalue weighted by atomic mass is 10.1. The summed E-state index contributed by atoms with van der Waals surface area (Å²) >= 11 is 1.72. The van der Waals surface area contributed by atoms with Crippen molar-refractivity contribution < 1.29 is 9.47 Å². The molecule has 0 unspecified atom stereocenters. The monoisotopic (exact) mass is 317 g/mol. The lowest BCUT2D eigenvalue weighted by molar-refractivity contribution is -0.0922. The van der Waals surface area contributed by atoms with Gasteiger partial charge < -0.3 is 9.47 Å². The Kier molecular flexibility index (Phi) is 4.05. The summed E-state index contributed by atoms with van der Waals surface area (Å²) < 4.78 is 12.1. The van der Waals surface area contributed by atoms with Crippen molar-refractivity contribution in [1.82, 2.24) is 14.9 Å². The Labute approximate surface area is 133 Å². The number of hydrogen-bond acceptors (Lipinski definition) is 6. The van der Waals surface area contributed by atoms with Gasteiger partial charge in [0.05, 0.1) is 13.2 Å². The summed E-state index contributed by atoms with van der Waals surface area (Å²) in [5.41, 5.74) is 0. The molecule has 1 saturated carbocycles. The van der Waals surface area contributed by atoms with Crippen LogP contribution in [-0.2, 0) is 11.3 Å². The zero-order valence-corrected chi connectivity index (χ0v) is 13.1. The first-order valence-corrected chi connectivity index (χ1v) is 8.60. The molecule has 22 heavy (non-hydrogen) atoms. The van der Waals surface area contributed by atoms with Gasteiger partial charge in [0.2, 0.25) is 5.88 Å². The average molecular weight is 317 g/mol. The van der Waals surface area contributed by atoms with E-state index in [0.717, 1.165) is 32.5 Å². The van der Waals surface area contributed by atoms with Crippen molar-refractivity contribution in [3.05, 3.63) is 41.0 Å². The van der Waals surface area contributed by atoms with Crippen LogP contribution in [-0.4, -0.2) is 46.3 Å². The van der Waals surface area contributed by atoms with Gasteiger partial charge in [-0.1, -0.05) is 6.07 Å². The minimum Gasteiger partial charge on any atom is -0.472 e. The second-order valence-electron chi connectivity index (χ2n) is 5.70. The molecule has 2 aromatic rings. The molecular weight excluding hydrogens is 298 g/mol. The molecule has 0 radical (unpaired) electrons. The van der Waals surface area contributed by atoms with E-state index in [4.69, 9.17) is 9.47 Å². The maximum atomic E-state index is 6.05. The van der Waals surface area contributed by atoms with E-state index in [2.05, 4.69) is 14.9 Å². The van der Waals surface area contributed by atoms with Gasteiger partial charge in [-0.25, -0.2) is 9.97 Å². The van der Waals surface area contributed by atoms with Crippen LogP contribution in [0.5, 0.6) is 5.88 Å². The number of nitrogens with zero attached hydrogens (tertiary/aromatic N) is 3. The molecule has 0 bridgehead atoms. The number of hydrogen-bond donors (Lipinski definition) is 0. The molecule has 5 nitrogen and oxygen atoms in total.